The summed E-state index contributed by atoms with van der Waals surface area (Å²) in [5.74, 6) is 0.206. The summed E-state index contributed by atoms with van der Waals surface area (Å²) >= 11 is 18.4. The second-order valence-electron chi connectivity index (χ2n) is 6.26. The van der Waals surface area contributed by atoms with Gasteiger partial charge in [-0.25, -0.2) is 4.98 Å². The van der Waals surface area contributed by atoms with E-state index in [9.17, 15) is 4.79 Å². The van der Waals surface area contributed by atoms with Crippen LogP contribution in [-0.2, 0) is 0 Å². The fraction of sp³-hybridized carbons (Fsp3) is 0.0476. The highest BCUT2D eigenvalue weighted by Gasteiger charge is 2.19. The Morgan fingerprint density at radius 2 is 1.75 bits per heavy atom. The van der Waals surface area contributed by atoms with Crippen molar-refractivity contribution < 1.29 is 4.79 Å². The molecule has 0 bridgehead atoms. The second kappa shape index (κ2) is 7.47. The normalized spacial score (nSPS) is 11.0. The number of carbonyl (C=O) groups is 1. The molecule has 2 aromatic heterocycles. The Morgan fingerprint density at radius 1 is 0.964 bits per heavy atom. The number of halogens is 3. The second-order valence-corrected chi connectivity index (χ2v) is 7.48. The van der Waals surface area contributed by atoms with Gasteiger partial charge in [0.25, 0.3) is 5.91 Å². The van der Waals surface area contributed by atoms with Crippen LogP contribution in [0.4, 0.5) is 5.82 Å². The maximum atomic E-state index is 12.9. The zero-order valence-electron chi connectivity index (χ0n) is 14.7. The summed E-state index contributed by atoms with van der Waals surface area (Å²) in [6.07, 6.45) is 1.85. The monoisotopic (exact) mass is 429 g/mol. The highest BCUT2D eigenvalue weighted by atomic mass is 35.5. The first-order valence-electron chi connectivity index (χ1n) is 8.44. The number of hydrogen-bond donors (Lipinski definition) is 1. The van der Waals surface area contributed by atoms with Crippen molar-refractivity contribution in [2.45, 2.75) is 6.92 Å². The molecule has 0 aliphatic rings. The van der Waals surface area contributed by atoms with Crippen molar-refractivity contribution in [1.29, 1.82) is 0 Å². The zero-order valence-corrected chi connectivity index (χ0v) is 17.0. The number of hydrogen-bond acceptors (Lipinski definition) is 2. The molecule has 0 aliphatic heterocycles. The number of fused-ring (bicyclic) bond motifs is 1. The Hall–Kier alpha value is -2.53. The number of pyridine rings is 1. The Bertz CT molecular complexity index is 1220. The summed E-state index contributed by atoms with van der Waals surface area (Å²) < 4.78 is 1.84. The van der Waals surface area contributed by atoms with E-state index in [1.807, 2.05) is 35.7 Å². The smallest absolute Gasteiger partial charge is 0.258 e. The van der Waals surface area contributed by atoms with Gasteiger partial charge in [-0.05, 0) is 42.8 Å². The molecule has 0 aliphatic carbocycles. The zero-order chi connectivity index (χ0) is 19.8. The predicted octanol–water partition coefficient (Wildman–Crippen LogP) is 6.52. The number of aryl methyl sites for hydroxylation is 1. The molecule has 0 fully saturated rings. The van der Waals surface area contributed by atoms with E-state index in [2.05, 4.69) is 5.32 Å². The SMILES string of the molecule is Cc1cccn2c(NC(=O)c3ccccc3Cl)c(-c3ccc(Cl)c(Cl)c3)nc12. The number of amides is 1. The topological polar surface area (TPSA) is 46.4 Å². The van der Waals surface area contributed by atoms with Crippen LogP contribution in [0, 0.1) is 6.92 Å². The molecule has 4 aromatic rings. The fourth-order valence-corrected chi connectivity index (χ4v) is 3.51. The highest BCUT2D eigenvalue weighted by molar-refractivity contribution is 6.42. The number of imidazole rings is 1. The lowest BCUT2D eigenvalue weighted by Crippen LogP contribution is -2.14. The minimum atomic E-state index is -0.324. The molecule has 4 rings (SSSR count). The number of aromatic nitrogens is 2. The fourth-order valence-electron chi connectivity index (χ4n) is 2.99. The van der Waals surface area contributed by atoms with Crippen molar-refractivity contribution in [3.63, 3.8) is 0 Å². The lowest BCUT2D eigenvalue weighted by Gasteiger charge is -2.09. The molecule has 0 spiro atoms. The van der Waals surface area contributed by atoms with Crippen molar-refractivity contribution in [2.24, 2.45) is 0 Å². The molecule has 140 valence electrons. The molecule has 2 aromatic carbocycles. The summed E-state index contributed by atoms with van der Waals surface area (Å²) in [7, 11) is 0. The van der Waals surface area contributed by atoms with Crippen LogP contribution in [0.2, 0.25) is 15.1 Å². The Balaban J connectivity index is 1.88. The third-order valence-corrected chi connectivity index (χ3v) is 5.46. The van der Waals surface area contributed by atoms with Crippen molar-refractivity contribution in [3.8, 4) is 11.3 Å². The molecule has 1 amide bonds. The molecular weight excluding hydrogens is 417 g/mol. The summed E-state index contributed by atoms with van der Waals surface area (Å²) in [5, 5.41) is 4.19. The van der Waals surface area contributed by atoms with E-state index in [1.54, 1.807) is 36.4 Å². The van der Waals surface area contributed by atoms with E-state index < -0.39 is 0 Å². The van der Waals surface area contributed by atoms with Crippen LogP contribution in [0.15, 0.2) is 60.8 Å². The number of carbonyl (C=O) groups excluding carboxylic acids is 1. The molecule has 7 heteroatoms. The first-order chi connectivity index (χ1) is 13.5. The predicted molar refractivity (Wildman–Crippen MR) is 115 cm³/mol. The van der Waals surface area contributed by atoms with Crippen molar-refractivity contribution in [1.82, 2.24) is 9.38 Å². The third-order valence-electron chi connectivity index (χ3n) is 4.39. The van der Waals surface area contributed by atoms with Gasteiger partial charge in [0.1, 0.15) is 17.2 Å². The van der Waals surface area contributed by atoms with Gasteiger partial charge in [-0.1, -0.05) is 59.1 Å². The molecule has 28 heavy (non-hydrogen) atoms. The van der Waals surface area contributed by atoms with Gasteiger partial charge in [-0.2, -0.15) is 0 Å². The summed E-state index contributed by atoms with van der Waals surface area (Å²) in [4.78, 5) is 17.6. The number of benzene rings is 2. The number of nitrogens with zero attached hydrogens (tertiary/aromatic N) is 2. The van der Waals surface area contributed by atoms with Gasteiger partial charge in [0.15, 0.2) is 0 Å². The van der Waals surface area contributed by atoms with Crippen LogP contribution in [0.5, 0.6) is 0 Å². The van der Waals surface area contributed by atoms with Gasteiger partial charge in [-0.15, -0.1) is 0 Å². The standard InChI is InChI=1S/C21H14Cl3N3O/c1-12-5-4-10-27-19(12)25-18(13-8-9-16(23)17(24)11-13)20(27)26-21(28)14-6-2-3-7-15(14)22/h2-11H,1H3,(H,26,28). The van der Waals surface area contributed by atoms with Gasteiger partial charge >= 0.3 is 0 Å². The van der Waals surface area contributed by atoms with Gasteiger partial charge in [0.05, 0.1) is 20.6 Å². The van der Waals surface area contributed by atoms with Gasteiger partial charge in [0.2, 0.25) is 0 Å². The molecule has 4 nitrogen and oxygen atoms in total. The van der Waals surface area contributed by atoms with Crippen LogP contribution < -0.4 is 5.32 Å². The minimum absolute atomic E-state index is 0.324. The average molecular weight is 431 g/mol. The molecule has 2 heterocycles. The van der Waals surface area contributed by atoms with Crippen LogP contribution >= 0.6 is 34.8 Å². The van der Waals surface area contributed by atoms with E-state index in [1.165, 1.54) is 0 Å². The summed E-state index contributed by atoms with van der Waals surface area (Å²) in [6.45, 7) is 1.96. The first kappa shape index (κ1) is 18.8. The molecule has 0 unspecified atom stereocenters. The van der Waals surface area contributed by atoms with Crippen LogP contribution in [0.1, 0.15) is 15.9 Å². The van der Waals surface area contributed by atoms with E-state index in [-0.39, 0.29) is 5.91 Å². The molecule has 0 atom stereocenters. The first-order valence-corrected chi connectivity index (χ1v) is 9.58. The van der Waals surface area contributed by atoms with E-state index in [0.29, 0.717) is 32.1 Å². The van der Waals surface area contributed by atoms with Crippen LogP contribution in [0.3, 0.4) is 0 Å². The largest absolute Gasteiger partial charge is 0.306 e. The molecular formula is C21H14Cl3N3O. The molecule has 0 saturated heterocycles. The number of nitrogens with one attached hydrogen (secondary N) is 1. The highest BCUT2D eigenvalue weighted by Crippen LogP contribution is 2.34. The van der Waals surface area contributed by atoms with Crippen molar-refractivity contribution in [3.05, 3.63) is 87.0 Å². The van der Waals surface area contributed by atoms with Crippen LogP contribution in [0.25, 0.3) is 16.9 Å². The summed E-state index contributed by atoms with van der Waals surface area (Å²) in [5.41, 5.74) is 3.42. The minimum Gasteiger partial charge on any atom is -0.306 e. The molecule has 1 N–H and O–H groups in total. The van der Waals surface area contributed by atoms with Gasteiger partial charge in [0, 0.05) is 11.8 Å². The number of anilines is 1. The van der Waals surface area contributed by atoms with E-state index in [4.69, 9.17) is 39.8 Å². The number of rotatable bonds is 3. The van der Waals surface area contributed by atoms with Crippen LogP contribution in [-0.4, -0.2) is 15.3 Å². The lowest BCUT2D eigenvalue weighted by molar-refractivity contribution is 0.102. The summed E-state index contributed by atoms with van der Waals surface area (Å²) in [6, 6.07) is 16.0. The van der Waals surface area contributed by atoms with Gasteiger partial charge < -0.3 is 5.32 Å². The maximum absolute atomic E-state index is 12.9. The molecule has 0 radical (unpaired) electrons. The van der Waals surface area contributed by atoms with Gasteiger partial charge in [-0.3, -0.25) is 9.20 Å². The Kier molecular flexibility index (Phi) is 5.02. The maximum Gasteiger partial charge on any atom is 0.258 e. The van der Waals surface area contributed by atoms with Crippen molar-refractivity contribution in [2.75, 3.05) is 5.32 Å². The molecule has 0 saturated carbocycles. The average Bonchev–Trinajstić information content (AvgIpc) is 3.04. The lowest BCUT2D eigenvalue weighted by atomic mass is 10.1. The quantitative estimate of drug-likeness (QED) is 0.402. The Morgan fingerprint density at radius 3 is 2.50 bits per heavy atom. The third kappa shape index (κ3) is 3.35. The van der Waals surface area contributed by atoms with E-state index >= 15 is 0 Å². The van der Waals surface area contributed by atoms with E-state index in [0.717, 1.165) is 16.8 Å². The Labute approximate surface area is 176 Å². The van der Waals surface area contributed by atoms with Crippen molar-refractivity contribution >= 4 is 52.2 Å².